The Kier molecular flexibility index (Phi) is 8.16. The van der Waals surface area contributed by atoms with Gasteiger partial charge >= 0.3 is 5.97 Å². The minimum atomic E-state index is -0.288. The third-order valence-electron chi connectivity index (χ3n) is 4.00. The lowest BCUT2D eigenvalue weighted by Gasteiger charge is -2.23. The molecule has 2 aromatic carbocycles. The SMILES string of the molecule is CCOC(=O)CCN(Cc1ccc(Cl)cc1)C(=O)CCc1ccccc1. The van der Waals surface area contributed by atoms with Crippen molar-refractivity contribution in [3.63, 3.8) is 0 Å². The number of hydrogen-bond donors (Lipinski definition) is 0. The maximum Gasteiger partial charge on any atom is 0.307 e. The van der Waals surface area contributed by atoms with E-state index in [4.69, 9.17) is 16.3 Å². The highest BCUT2D eigenvalue weighted by Crippen LogP contribution is 2.13. The summed E-state index contributed by atoms with van der Waals surface area (Å²) in [5.41, 5.74) is 2.10. The number of esters is 1. The van der Waals surface area contributed by atoms with Gasteiger partial charge in [0.05, 0.1) is 13.0 Å². The van der Waals surface area contributed by atoms with Gasteiger partial charge in [-0.1, -0.05) is 54.1 Å². The zero-order chi connectivity index (χ0) is 18.8. The molecule has 2 aromatic rings. The lowest BCUT2D eigenvalue weighted by atomic mass is 10.1. The van der Waals surface area contributed by atoms with Gasteiger partial charge < -0.3 is 9.64 Å². The molecular formula is C21H24ClNO3. The number of benzene rings is 2. The standard InChI is InChI=1S/C21H24ClNO3/c1-2-26-21(25)14-15-23(16-18-8-11-19(22)12-9-18)20(24)13-10-17-6-4-3-5-7-17/h3-9,11-12H,2,10,13-16H2,1H3. The number of carbonyl (C=O) groups excluding carboxylic acids is 2. The fourth-order valence-corrected chi connectivity index (χ4v) is 2.74. The molecule has 0 aliphatic rings. The number of rotatable bonds is 9. The topological polar surface area (TPSA) is 46.6 Å². The molecular weight excluding hydrogens is 350 g/mol. The van der Waals surface area contributed by atoms with Crippen LogP contribution in [-0.4, -0.2) is 29.9 Å². The second kappa shape index (κ2) is 10.6. The molecule has 26 heavy (non-hydrogen) atoms. The van der Waals surface area contributed by atoms with Crippen LogP contribution >= 0.6 is 11.6 Å². The molecule has 1 amide bonds. The van der Waals surface area contributed by atoms with Crippen LogP contribution in [0.5, 0.6) is 0 Å². The normalized spacial score (nSPS) is 10.4. The molecule has 0 radical (unpaired) electrons. The molecule has 0 fully saturated rings. The zero-order valence-corrected chi connectivity index (χ0v) is 15.7. The van der Waals surface area contributed by atoms with Gasteiger partial charge in [0.25, 0.3) is 0 Å². The second-order valence-corrected chi connectivity index (χ2v) is 6.42. The van der Waals surface area contributed by atoms with E-state index in [9.17, 15) is 9.59 Å². The van der Waals surface area contributed by atoms with Crippen molar-refractivity contribution in [1.82, 2.24) is 4.90 Å². The largest absolute Gasteiger partial charge is 0.466 e. The summed E-state index contributed by atoms with van der Waals surface area (Å²) >= 11 is 5.92. The third-order valence-corrected chi connectivity index (χ3v) is 4.25. The molecule has 5 heteroatoms. The molecule has 4 nitrogen and oxygen atoms in total. The molecule has 0 aliphatic carbocycles. The number of amides is 1. The average Bonchev–Trinajstić information content (AvgIpc) is 2.66. The predicted octanol–water partition coefficient (Wildman–Crippen LogP) is 4.25. The van der Waals surface area contributed by atoms with Crippen molar-refractivity contribution in [3.05, 3.63) is 70.7 Å². The van der Waals surface area contributed by atoms with Crippen LogP contribution in [0.3, 0.4) is 0 Å². The van der Waals surface area contributed by atoms with Gasteiger partial charge in [-0.05, 0) is 36.6 Å². The Hall–Kier alpha value is -2.33. The second-order valence-electron chi connectivity index (χ2n) is 5.98. The van der Waals surface area contributed by atoms with Crippen molar-refractivity contribution in [2.24, 2.45) is 0 Å². The van der Waals surface area contributed by atoms with E-state index in [0.29, 0.717) is 37.6 Å². The molecule has 0 bridgehead atoms. The van der Waals surface area contributed by atoms with Gasteiger partial charge in [-0.25, -0.2) is 0 Å². The highest BCUT2D eigenvalue weighted by Gasteiger charge is 2.16. The van der Waals surface area contributed by atoms with Gasteiger partial charge in [0, 0.05) is 24.5 Å². The molecule has 0 N–H and O–H groups in total. The highest BCUT2D eigenvalue weighted by atomic mass is 35.5. The van der Waals surface area contributed by atoms with Crippen molar-refractivity contribution in [2.45, 2.75) is 32.7 Å². The fraction of sp³-hybridized carbons (Fsp3) is 0.333. The summed E-state index contributed by atoms with van der Waals surface area (Å²) in [6.07, 6.45) is 1.27. The minimum Gasteiger partial charge on any atom is -0.466 e. The maximum absolute atomic E-state index is 12.7. The fourth-order valence-electron chi connectivity index (χ4n) is 2.62. The quantitative estimate of drug-likeness (QED) is 0.617. The zero-order valence-electron chi connectivity index (χ0n) is 15.0. The molecule has 0 aromatic heterocycles. The van der Waals surface area contributed by atoms with Gasteiger partial charge in [-0.2, -0.15) is 0 Å². The van der Waals surface area contributed by atoms with Gasteiger partial charge in [-0.15, -0.1) is 0 Å². The van der Waals surface area contributed by atoms with Gasteiger partial charge in [0.15, 0.2) is 0 Å². The van der Waals surface area contributed by atoms with E-state index in [2.05, 4.69) is 0 Å². The lowest BCUT2D eigenvalue weighted by Crippen LogP contribution is -2.33. The Morgan fingerprint density at radius 1 is 0.962 bits per heavy atom. The predicted molar refractivity (Wildman–Crippen MR) is 103 cm³/mol. The van der Waals surface area contributed by atoms with Crippen LogP contribution in [-0.2, 0) is 27.3 Å². The minimum absolute atomic E-state index is 0.0214. The first-order valence-electron chi connectivity index (χ1n) is 8.80. The number of carbonyl (C=O) groups is 2. The Labute approximate surface area is 159 Å². The van der Waals surface area contributed by atoms with Crippen molar-refractivity contribution in [3.8, 4) is 0 Å². The Morgan fingerprint density at radius 2 is 1.65 bits per heavy atom. The average molecular weight is 374 g/mol. The molecule has 0 saturated carbocycles. The molecule has 0 spiro atoms. The van der Waals surface area contributed by atoms with Gasteiger partial charge in [-0.3, -0.25) is 9.59 Å². The molecule has 138 valence electrons. The third kappa shape index (κ3) is 6.89. The van der Waals surface area contributed by atoms with E-state index < -0.39 is 0 Å². The van der Waals surface area contributed by atoms with E-state index >= 15 is 0 Å². The van der Waals surface area contributed by atoms with E-state index in [1.807, 2.05) is 42.5 Å². The number of ether oxygens (including phenoxy) is 1. The molecule has 0 saturated heterocycles. The Bertz CT molecular complexity index is 701. The summed E-state index contributed by atoms with van der Waals surface area (Å²) in [6.45, 7) is 2.91. The first kappa shape index (κ1) is 20.0. The molecule has 0 heterocycles. The van der Waals surface area contributed by atoms with Crippen LogP contribution < -0.4 is 0 Å². The summed E-state index contributed by atoms with van der Waals surface area (Å²) in [4.78, 5) is 26.1. The van der Waals surface area contributed by atoms with E-state index in [1.54, 1.807) is 24.0 Å². The molecule has 0 aliphatic heterocycles. The number of halogens is 1. The number of aryl methyl sites for hydroxylation is 1. The van der Waals surface area contributed by atoms with Crippen molar-refractivity contribution in [2.75, 3.05) is 13.2 Å². The number of nitrogens with zero attached hydrogens (tertiary/aromatic N) is 1. The Morgan fingerprint density at radius 3 is 2.31 bits per heavy atom. The van der Waals surface area contributed by atoms with Crippen LogP contribution in [0.15, 0.2) is 54.6 Å². The van der Waals surface area contributed by atoms with Crippen molar-refractivity contribution < 1.29 is 14.3 Å². The summed E-state index contributed by atoms with van der Waals surface area (Å²) in [6, 6.07) is 17.3. The molecule has 2 rings (SSSR count). The first-order valence-corrected chi connectivity index (χ1v) is 9.18. The molecule has 0 unspecified atom stereocenters. The summed E-state index contributed by atoms with van der Waals surface area (Å²) < 4.78 is 4.97. The summed E-state index contributed by atoms with van der Waals surface area (Å²) in [7, 11) is 0. The maximum atomic E-state index is 12.7. The smallest absolute Gasteiger partial charge is 0.307 e. The van der Waals surface area contributed by atoms with Crippen LogP contribution in [0.1, 0.15) is 30.9 Å². The van der Waals surface area contributed by atoms with Crippen LogP contribution in [0, 0.1) is 0 Å². The molecule has 0 atom stereocenters. The Balaban J connectivity index is 1.99. The van der Waals surface area contributed by atoms with E-state index in [0.717, 1.165) is 11.1 Å². The first-order chi connectivity index (χ1) is 12.6. The summed E-state index contributed by atoms with van der Waals surface area (Å²) in [5, 5.41) is 0.655. The van der Waals surface area contributed by atoms with Crippen LogP contribution in [0.25, 0.3) is 0 Å². The van der Waals surface area contributed by atoms with Crippen LogP contribution in [0.2, 0.25) is 5.02 Å². The van der Waals surface area contributed by atoms with Gasteiger partial charge in [0.1, 0.15) is 0 Å². The lowest BCUT2D eigenvalue weighted by molar-refractivity contribution is -0.144. The monoisotopic (exact) mass is 373 g/mol. The van der Waals surface area contributed by atoms with Crippen molar-refractivity contribution >= 4 is 23.5 Å². The van der Waals surface area contributed by atoms with E-state index in [-0.39, 0.29) is 18.3 Å². The van der Waals surface area contributed by atoms with E-state index in [1.165, 1.54) is 0 Å². The van der Waals surface area contributed by atoms with Crippen LogP contribution in [0.4, 0.5) is 0 Å². The highest BCUT2D eigenvalue weighted by molar-refractivity contribution is 6.30. The van der Waals surface area contributed by atoms with Crippen molar-refractivity contribution in [1.29, 1.82) is 0 Å². The summed E-state index contributed by atoms with van der Waals surface area (Å²) in [5.74, 6) is -0.266. The van der Waals surface area contributed by atoms with Gasteiger partial charge in [0.2, 0.25) is 5.91 Å². The number of hydrogen-bond acceptors (Lipinski definition) is 3.